The molecule has 0 fully saturated rings. The number of rotatable bonds is 11. The van der Waals surface area contributed by atoms with Crippen molar-refractivity contribution >= 4 is 0 Å². The molecule has 0 unspecified atom stereocenters. The lowest BCUT2D eigenvalue weighted by atomic mass is 9.93. The zero-order valence-electron chi connectivity index (χ0n) is 34.5. The SMILES string of the molecule is Cc1cc(OCc2ccccc2)c2c(c1)O[C@H](c1ccc(OCc3ccccc3)c(OCc3ccccc3)c1)[C@@H](O)C2.Oc1cc(O)c2c(c1)O[C@H](c1ccc(O)c(O)c1)[C@@H](O)C2. The summed E-state index contributed by atoms with van der Waals surface area (Å²) in [5.74, 6) is 2.11. The van der Waals surface area contributed by atoms with Gasteiger partial charge >= 0.3 is 0 Å². The molecule has 0 amide bonds. The fraction of sp³-hybridized carbons (Fsp3) is 0.192. The second-order valence-electron chi connectivity index (χ2n) is 15.6. The normalized spacial score (nSPS) is 17.4. The quantitative estimate of drug-likeness (QED) is 0.0687. The fourth-order valence-corrected chi connectivity index (χ4v) is 7.61. The number of benzene rings is 7. The van der Waals surface area contributed by atoms with Crippen LogP contribution >= 0.6 is 0 Å². The number of ether oxygens (including phenoxy) is 5. The molecule has 0 saturated carbocycles. The fourth-order valence-electron chi connectivity index (χ4n) is 7.61. The second-order valence-corrected chi connectivity index (χ2v) is 15.6. The van der Waals surface area contributed by atoms with Gasteiger partial charge in [-0.25, -0.2) is 0 Å². The Morgan fingerprint density at radius 1 is 0.460 bits per heavy atom. The summed E-state index contributed by atoms with van der Waals surface area (Å²) in [6.07, 6.45) is -2.48. The number of hydrogen-bond acceptors (Lipinski definition) is 11. The Bertz CT molecular complexity index is 2640. The van der Waals surface area contributed by atoms with Gasteiger partial charge in [0.05, 0.1) is 12.2 Å². The molecule has 7 aromatic carbocycles. The first-order chi connectivity index (χ1) is 30.6. The molecule has 2 aliphatic heterocycles. The smallest absolute Gasteiger partial charge is 0.162 e. The summed E-state index contributed by atoms with van der Waals surface area (Å²) in [5, 5.41) is 59.6. The number of phenolic OH excluding ortho intramolecular Hbond substituents is 4. The maximum atomic E-state index is 11.3. The van der Waals surface area contributed by atoms with E-state index in [4.69, 9.17) is 23.7 Å². The molecule has 11 nitrogen and oxygen atoms in total. The number of hydrogen-bond donors (Lipinski definition) is 6. The highest BCUT2D eigenvalue weighted by molar-refractivity contribution is 5.53. The van der Waals surface area contributed by atoms with Crippen molar-refractivity contribution in [3.8, 4) is 51.7 Å². The second kappa shape index (κ2) is 19.1. The van der Waals surface area contributed by atoms with Crippen LogP contribution in [-0.2, 0) is 32.7 Å². The van der Waals surface area contributed by atoms with Crippen LogP contribution in [0.15, 0.2) is 152 Å². The van der Waals surface area contributed by atoms with E-state index in [0.717, 1.165) is 44.9 Å². The summed E-state index contributed by atoms with van der Waals surface area (Å²) in [5.41, 5.74) is 6.83. The van der Waals surface area contributed by atoms with Gasteiger partial charge in [-0.2, -0.15) is 0 Å². The highest BCUT2D eigenvalue weighted by Gasteiger charge is 2.34. The lowest BCUT2D eigenvalue weighted by molar-refractivity contribution is 0.0194. The summed E-state index contributed by atoms with van der Waals surface area (Å²) >= 11 is 0. The van der Waals surface area contributed by atoms with E-state index in [0.29, 0.717) is 48.9 Å². The van der Waals surface area contributed by atoms with Crippen molar-refractivity contribution < 1.29 is 54.3 Å². The molecule has 0 aliphatic carbocycles. The summed E-state index contributed by atoms with van der Waals surface area (Å²) in [7, 11) is 0. The Labute approximate surface area is 365 Å². The third kappa shape index (κ3) is 10.2. The zero-order chi connectivity index (χ0) is 43.9. The third-order valence-corrected chi connectivity index (χ3v) is 10.9. The molecule has 7 aromatic rings. The van der Waals surface area contributed by atoms with Crippen molar-refractivity contribution in [3.05, 3.63) is 196 Å². The molecule has 63 heavy (non-hydrogen) atoms. The first-order valence-electron chi connectivity index (χ1n) is 20.6. The van der Waals surface area contributed by atoms with Crippen LogP contribution in [0.5, 0.6) is 51.7 Å². The minimum Gasteiger partial charge on any atom is -0.508 e. The predicted molar refractivity (Wildman–Crippen MR) is 236 cm³/mol. The van der Waals surface area contributed by atoms with Crippen LogP contribution in [0.1, 0.15) is 56.7 Å². The molecule has 9 rings (SSSR count). The average molecular weight is 849 g/mol. The van der Waals surface area contributed by atoms with E-state index < -0.39 is 24.4 Å². The molecule has 0 spiro atoms. The van der Waals surface area contributed by atoms with Crippen molar-refractivity contribution in [2.24, 2.45) is 0 Å². The van der Waals surface area contributed by atoms with E-state index >= 15 is 0 Å². The molecule has 2 heterocycles. The predicted octanol–water partition coefficient (Wildman–Crippen LogP) is 9.32. The third-order valence-electron chi connectivity index (χ3n) is 10.9. The Kier molecular flexibility index (Phi) is 12.9. The summed E-state index contributed by atoms with van der Waals surface area (Å²) < 4.78 is 30.8. The van der Waals surface area contributed by atoms with Gasteiger partial charge in [-0.1, -0.05) is 103 Å². The monoisotopic (exact) mass is 848 g/mol. The van der Waals surface area contributed by atoms with E-state index in [2.05, 4.69) is 0 Å². The Balaban J connectivity index is 0.000000217. The lowest BCUT2D eigenvalue weighted by Crippen LogP contribution is -2.30. The van der Waals surface area contributed by atoms with Gasteiger partial charge in [-0.05, 0) is 76.7 Å². The van der Waals surface area contributed by atoms with Crippen molar-refractivity contribution in [3.63, 3.8) is 0 Å². The van der Waals surface area contributed by atoms with E-state index in [1.54, 1.807) is 0 Å². The highest BCUT2D eigenvalue weighted by atomic mass is 16.5. The molecular weight excluding hydrogens is 801 g/mol. The van der Waals surface area contributed by atoms with E-state index in [1.807, 2.05) is 128 Å². The van der Waals surface area contributed by atoms with Gasteiger partial charge in [0.15, 0.2) is 23.0 Å². The molecule has 0 bridgehead atoms. The molecule has 6 N–H and O–H groups in total. The van der Waals surface area contributed by atoms with E-state index in [9.17, 15) is 30.6 Å². The largest absolute Gasteiger partial charge is 0.508 e. The molecule has 322 valence electrons. The van der Waals surface area contributed by atoms with Crippen LogP contribution in [0.3, 0.4) is 0 Å². The minimum absolute atomic E-state index is 0.143. The average Bonchev–Trinajstić information content (AvgIpc) is 3.29. The van der Waals surface area contributed by atoms with Gasteiger partial charge < -0.3 is 54.3 Å². The van der Waals surface area contributed by atoms with Crippen LogP contribution in [-0.4, -0.2) is 42.8 Å². The number of phenols is 4. The van der Waals surface area contributed by atoms with Crippen LogP contribution in [0.2, 0.25) is 0 Å². The van der Waals surface area contributed by atoms with Crippen LogP contribution in [0, 0.1) is 6.92 Å². The summed E-state index contributed by atoms with van der Waals surface area (Å²) in [4.78, 5) is 0. The van der Waals surface area contributed by atoms with Crippen molar-refractivity contribution in [2.75, 3.05) is 0 Å². The molecule has 11 heteroatoms. The number of aliphatic hydroxyl groups is 2. The standard InChI is InChI=1S/C37H34O5.C15H14O6/c1-26-19-34(40-24-28-13-7-3-8-14-28)31-22-32(38)37(42-35(31)20-26)30-17-18-33(39-23-27-11-5-2-6-12-27)36(21-30)41-25-29-15-9-4-10-16-29;16-8-4-11(18)9-6-13(20)15(21-14(9)5-8)7-1-2-10(17)12(19)3-7/h2-21,32,37-38H,22-25H2,1H3;1-5,13,15-20H,6H2/t32-,37+;13-,15+/m00/s1. The zero-order valence-corrected chi connectivity index (χ0v) is 34.5. The van der Waals surface area contributed by atoms with Crippen molar-refractivity contribution in [1.29, 1.82) is 0 Å². The van der Waals surface area contributed by atoms with Crippen molar-refractivity contribution in [1.82, 2.24) is 0 Å². The van der Waals surface area contributed by atoms with Crippen molar-refractivity contribution in [2.45, 2.75) is 64.0 Å². The Morgan fingerprint density at radius 3 is 1.52 bits per heavy atom. The van der Waals surface area contributed by atoms with Gasteiger partial charge in [-0.15, -0.1) is 0 Å². The Morgan fingerprint density at radius 2 is 0.952 bits per heavy atom. The number of fused-ring (bicyclic) bond motifs is 2. The molecule has 0 aromatic heterocycles. The summed E-state index contributed by atoms with van der Waals surface area (Å²) in [6.45, 7) is 3.28. The molecular formula is C52H48O11. The van der Waals surface area contributed by atoms with E-state index in [-0.39, 0.29) is 35.2 Å². The minimum atomic E-state index is -0.933. The van der Waals surface area contributed by atoms with Gasteiger partial charge in [0.25, 0.3) is 0 Å². The topological polar surface area (TPSA) is 168 Å². The Hall–Kier alpha value is -7.34. The molecule has 0 saturated heterocycles. The highest BCUT2D eigenvalue weighted by Crippen LogP contribution is 2.44. The lowest BCUT2D eigenvalue weighted by Gasteiger charge is -2.32. The first-order valence-corrected chi connectivity index (χ1v) is 20.6. The number of aryl methyl sites for hydroxylation is 1. The number of aliphatic hydroxyl groups excluding tert-OH is 2. The maximum Gasteiger partial charge on any atom is 0.162 e. The molecule has 2 aliphatic rings. The van der Waals surface area contributed by atoms with Gasteiger partial charge in [0.2, 0.25) is 0 Å². The van der Waals surface area contributed by atoms with Gasteiger partial charge in [0, 0.05) is 36.1 Å². The van der Waals surface area contributed by atoms with Crippen LogP contribution in [0.4, 0.5) is 0 Å². The molecule has 0 radical (unpaired) electrons. The molecule has 4 atom stereocenters. The van der Waals surface area contributed by atoms with Gasteiger partial charge in [-0.3, -0.25) is 0 Å². The van der Waals surface area contributed by atoms with Crippen LogP contribution < -0.4 is 23.7 Å². The van der Waals surface area contributed by atoms with Gasteiger partial charge in [0.1, 0.15) is 60.8 Å². The van der Waals surface area contributed by atoms with E-state index in [1.165, 1.54) is 30.3 Å². The maximum absolute atomic E-state index is 11.3. The number of aromatic hydroxyl groups is 4. The summed E-state index contributed by atoms with van der Waals surface area (Å²) in [6, 6.07) is 46.6. The first kappa shape index (κ1) is 42.4. The van der Waals surface area contributed by atoms with Crippen LogP contribution in [0.25, 0.3) is 0 Å².